The van der Waals surface area contributed by atoms with Gasteiger partial charge < -0.3 is 9.84 Å². The highest BCUT2D eigenvalue weighted by atomic mass is 35.5. The van der Waals surface area contributed by atoms with Crippen molar-refractivity contribution in [1.29, 1.82) is 0 Å². The number of aliphatic hydroxyl groups excluding tert-OH is 1. The van der Waals surface area contributed by atoms with E-state index in [1.165, 1.54) is 24.0 Å². The molecule has 1 saturated carbocycles. The third-order valence-corrected chi connectivity index (χ3v) is 4.56. The van der Waals surface area contributed by atoms with Gasteiger partial charge in [-0.25, -0.2) is 0 Å². The van der Waals surface area contributed by atoms with Crippen molar-refractivity contribution < 1.29 is 9.84 Å². The van der Waals surface area contributed by atoms with E-state index >= 15 is 0 Å². The average molecular weight is 267 g/mol. The molecule has 1 aliphatic carbocycles. The lowest BCUT2D eigenvalue weighted by atomic mass is 9.79. The number of hydrogen-bond donors (Lipinski definition) is 1. The van der Waals surface area contributed by atoms with Gasteiger partial charge in [-0.1, -0.05) is 18.5 Å². The maximum atomic E-state index is 9.70. The highest BCUT2D eigenvalue weighted by Crippen LogP contribution is 2.48. The van der Waals surface area contributed by atoms with Crippen LogP contribution in [0.2, 0.25) is 5.02 Å². The number of ether oxygens (including phenoxy) is 1. The normalized spacial score (nSPS) is 21.3. The summed E-state index contributed by atoms with van der Waals surface area (Å²) in [5.41, 5.74) is 2.36. The van der Waals surface area contributed by atoms with Gasteiger partial charge in [-0.3, -0.25) is 0 Å². The first kappa shape index (κ1) is 12.3. The molecule has 98 valence electrons. The molecule has 0 radical (unpaired) electrons. The van der Waals surface area contributed by atoms with Crippen LogP contribution >= 0.6 is 11.6 Å². The molecule has 1 unspecified atom stereocenters. The molecule has 0 aromatic heterocycles. The van der Waals surface area contributed by atoms with E-state index < -0.39 is 0 Å². The van der Waals surface area contributed by atoms with Gasteiger partial charge >= 0.3 is 0 Å². The van der Waals surface area contributed by atoms with Crippen molar-refractivity contribution in [3.05, 3.63) is 28.3 Å². The van der Waals surface area contributed by atoms with Crippen LogP contribution in [-0.2, 0) is 12.8 Å². The lowest BCUT2D eigenvalue weighted by Gasteiger charge is -2.28. The van der Waals surface area contributed by atoms with Crippen LogP contribution in [-0.4, -0.2) is 18.3 Å². The van der Waals surface area contributed by atoms with Gasteiger partial charge in [0.2, 0.25) is 0 Å². The smallest absolute Gasteiger partial charge is 0.125 e. The first-order chi connectivity index (χ1) is 8.62. The molecular formula is C15H19ClO2. The largest absolute Gasteiger partial charge is 0.493 e. The fourth-order valence-electron chi connectivity index (χ4n) is 3.02. The standard InChI is InChI=1S/C15H19ClO2/c1-15(9-17,12-2-3-12)8-11-7-13(16)6-10-4-5-18-14(10)11/h6-7,12,17H,2-5,8-9H2,1H3. The van der Waals surface area contributed by atoms with Crippen LogP contribution in [0.15, 0.2) is 12.1 Å². The Labute approximate surface area is 113 Å². The molecule has 0 amide bonds. The van der Waals surface area contributed by atoms with Crippen molar-refractivity contribution in [3.8, 4) is 5.75 Å². The van der Waals surface area contributed by atoms with Gasteiger partial charge in [-0.2, -0.15) is 0 Å². The fraction of sp³-hybridized carbons (Fsp3) is 0.600. The maximum Gasteiger partial charge on any atom is 0.125 e. The predicted molar refractivity (Wildman–Crippen MR) is 72.3 cm³/mol. The van der Waals surface area contributed by atoms with Crippen LogP contribution in [0.1, 0.15) is 30.9 Å². The third kappa shape index (κ3) is 2.12. The van der Waals surface area contributed by atoms with Crippen molar-refractivity contribution in [2.24, 2.45) is 11.3 Å². The molecule has 0 spiro atoms. The van der Waals surface area contributed by atoms with E-state index in [0.29, 0.717) is 5.92 Å². The van der Waals surface area contributed by atoms with Crippen molar-refractivity contribution in [2.75, 3.05) is 13.2 Å². The summed E-state index contributed by atoms with van der Waals surface area (Å²) in [6.07, 6.45) is 4.28. The number of halogens is 1. The zero-order chi connectivity index (χ0) is 12.8. The van der Waals surface area contributed by atoms with Gasteiger partial charge in [-0.15, -0.1) is 0 Å². The quantitative estimate of drug-likeness (QED) is 0.907. The van der Waals surface area contributed by atoms with Crippen LogP contribution in [0.4, 0.5) is 0 Å². The molecule has 18 heavy (non-hydrogen) atoms. The summed E-state index contributed by atoms with van der Waals surface area (Å²) in [6.45, 7) is 3.16. The molecule has 1 fully saturated rings. The van der Waals surface area contributed by atoms with E-state index in [-0.39, 0.29) is 12.0 Å². The molecule has 1 aromatic carbocycles. The van der Waals surface area contributed by atoms with Crippen LogP contribution < -0.4 is 4.74 Å². The van der Waals surface area contributed by atoms with Gasteiger partial charge in [0, 0.05) is 18.1 Å². The minimum absolute atomic E-state index is 0.0234. The van der Waals surface area contributed by atoms with Crippen molar-refractivity contribution in [2.45, 2.75) is 32.6 Å². The van der Waals surface area contributed by atoms with E-state index in [9.17, 15) is 5.11 Å². The van der Waals surface area contributed by atoms with Crippen LogP contribution in [0.3, 0.4) is 0 Å². The molecular weight excluding hydrogens is 248 g/mol. The highest BCUT2D eigenvalue weighted by Gasteiger charge is 2.41. The van der Waals surface area contributed by atoms with Crippen molar-refractivity contribution >= 4 is 11.6 Å². The topological polar surface area (TPSA) is 29.5 Å². The first-order valence-corrected chi connectivity index (χ1v) is 7.05. The van der Waals surface area contributed by atoms with E-state index in [2.05, 4.69) is 6.92 Å². The number of rotatable bonds is 4. The zero-order valence-corrected chi connectivity index (χ0v) is 11.5. The molecule has 1 atom stereocenters. The van der Waals surface area contributed by atoms with E-state index in [1.807, 2.05) is 12.1 Å². The van der Waals surface area contributed by atoms with Gasteiger partial charge in [-0.05, 0) is 53.9 Å². The molecule has 3 rings (SSSR count). The summed E-state index contributed by atoms with van der Waals surface area (Å²) in [5.74, 6) is 1.67. The monoisotopic (exact) mass is 266 g/mol. The summed E-state index contributed by atoms with van der Waals surface area (Å²) in [7, 11) is 0. The number of aliphatic hydroxyl groups is 1. The number of fused-ring (bicyclic) bond motifs is 1. The van der Waals surface area contributed by atoms with Gasteiger partial charge in [0.1, 0.15) is 5.75 Å². The Balaban J connectivity index is 1.92. The SMILES string of the molecule is CC(CO)(Cc1cc(Cl)cc2c1OCC2)C1CC1. The minimum Gasteiger partial charge on any atom is -0.493 e. The maximum absolute atomic E-state index is 9.70. The molecule has 0 saturated heterocycles. The Kier molecular flexibility index (Phi) is 3.03. The Morgan fingerprint density at radius 2 is 2.22 bits per heavy atom. The molecule has 1 aromatic rings. The Hall–Kier alpha value is -0.730. The highest BCUT2D eigenvalue weighted by molar-refractivity contribution is 6.30. The zero-order valence-electron chi connectivity index (χ0n) is 10.7. The summed E-state index contributed by atoms with van der Waals surface area (Å²) < 4.78 is 5.73. The lowest BCUT2D eigenvalue weighted by molar-refractivity contribution is 0.119. The van der Waals surface area contributed by atoms with Crippen molar-refractivity contribution in [1.82, 2.24) is 0 Å². The number of benzene rings is 1. The van der Waals surface area contributed by atoms with Gasteiger partial charge in [0.05, 0.1) is 6.61 Å². The summed E-state index contributed by atoms with van der Waals surface area (Å²) >= 11 is 6.18. The second kappa shape index (κ2) is 4.43. The molecule has 1 aliphatic heterocycles. The molecule has 3 heteroatoms. The van der Waals surface area contributed by atoms with E-state index in [4.69, 9.17) is 16.3 Å². The van der Waals surface area contributed by atoms with Crippen LogP contribution in [0.5, 0.6) is 5.75 Å². The lowest BCUT2D eigenvalue weighted by Crippen LogP contribution is -2.27. The van der Waals surface area contributed by atoms with Gasteiger partial charge in [0.15, 0.2) is 0 Å². The van der Waals surface area contributed by atoms with Crippen molar-refractivity contribution in [3.63, 3.8) is 0 Å². The van der Waals surface area contributed by atoms with E-state index in [0.717, 1.165) is 30.2 Å². The predicted octanol–water partition coefficient (Wildman–Crippen LogP) is 3.23. The fourth-order valence-corrected chi connectivity index (χ4v) is 3.29. The average Bonchev–Trinajstić information content (AvgIpc) is 3.09. The molecule has 0 bridgehead atoms. The van der Waals surface area contributed by atoms with Crippen LogP contribution in [0.25, 0.3) is 0 Å². The summed E-state index contributed by atoms with van der Waals surface area (Å²) in [5, 5.41) is 10.5. The second-order valence-corrected chi connectivity index (χ2v) is 6.35. The number of hydrogen-bond acceptors (Lipinski definition) is 2. The Bertz CT molecular complexity index is 468. The minimum atomic E-state index is -0.0234. The molecule has 2 nitrogen and oxygen atoms in total. The summed E-state index contributed by atoms with van der Waals surface area (Å²) in [6, 6.07) is 4.00. The van der Waals surface area contributed by atoms with Crippen LogP contribution in [0, 0.1) is 11.3 Å². The molecule has 1 N–H and O–H groups in total. The molecule has 2 aliphatic rings. The Morgan fingerprint density at radius 3 is 2.89 bits per heavy atom. The van der Waals surface area contributed by atoms with Gasteiger partial charge in [0.25, 0.3) is 0 Å². The first-order valence-electron chi connectivity index (χ1n) is 6.67. The summed E-state index contributed by atoms with van der Waals surface area (Å²) in [4.78, 5) is 0. The Morgan fingerprint density at radius 1 is 1.44 bits per heavy atom. The third-order valence-electron chi connectivity index (χ3n) is 4.34. The molecule has 1 heterocycles. The van der Waals surface area contributed by atoms with E-state index in [1.54, 1.807) is 0 Å². The second-order valence-electron chi connectivity index (χ2n) is 5.91.